The topological polar surface area (TPSA) is 95.9 Å². The first-order valence-corrected chi connectivity index (χ1v) is 8.54. The zero-order valence-electron chi connectivity index (χ0n) is 14.2. The molecule has 2 aromatic carbocycles. The Balaban J connectivity index is 2.27. The second-order valence-electron chi connectivity index (χ2n) is 5.53. The SMILES string of the molecule is CC(=O)Nc1ccc(OCC(=O)O)c(C(=O)N(F)Cc2ccc(Br)cc2)c1. The molecule has 2 rings (SSSR count). The first-order valence-electron chi connectivity index (χ1n) is 7.74. The van der Waals surface area contributed by atoms with Crippen LogP contribution in [0.2, 0.25) is 0 Å². The van der Waals surface area contributed by atoms with Crippen molar-refractivity contribution in [3.05, 3.63) is 58.1 Å². The maximum atomic E-state index is 14.5. The molecule has 0 radical (unpaired) electrons. The zero-order valence-corrected chi connectivity index (χ0v) is 15.8. The van der Waals surface area contributed by atoms with Gasteiger partial charge in [0.25, 0.3) is 5.91 Å². The highest BCUT2D eigenvalue weighted by atomic mass is 79.9. The van der Waals surface area contributed by atoms with E-state index in [1.54, 1.807) is 24.3 Å². The molecule has 9 heteroatoms. The summed E-state index contributed by atoms with van der Waals surface area (Å²) in [4.78, 5) is 34.4. The third-order valence-corrected chi connectivity index (χ3v) is 3.87. The van der Waals surface area contributed by atoms with Crippen LogP contribution in [0.1, 0.15) is 22.8 Å². The van der Waals surface area contributed by atoms with Crippen molar-refractivity contribution in [3.63, 3.8) is 0 Å². The number of anilines is 1. The number of carboxylic acids is 1. The molecule has 0 fully saturated rings. The standard InChI is InChI=1S/C18H16BrFN2O5/c1-11(23)21-14-6-7-16(27-10-17(24)25)15(8-14)18(26)22(20)9-12-2-4-13(19)5-3-12/h2-8H,9-10H2,1H3,(H,21,23)(H,24,25). The number of hydrogen-bond donors (Lipinski definition) is 2. The number of ether oxygens (including phenoxy) is 1. The molecule has 0 saturated heterocycles. The van der Waals surface area contributed by atoms with Gasteiger partial charge in [-0.25, -0.2) is 4.79 Å². The lowest BCUT2D eigenvalue weighted by Crippen LogP contribution is -2.24. The van der Waals surface area contributed by atoms with Crippen molar-refractivity contribution in [2.75, 3.05) is 11.9 Å². The fourth-order valence-corrected chi connectivity index (χ4v) is 2.46. The molecule has 0 aliphatic carbocycles. The maximum absolute atomic E-state index is 14.5. The fraction of sp³-hybridized carbons (Fsp3) is 0.167. The summed E-state index contributed by atoms with van der Waals surface area (Å²) < 4.78 is 20.3. The predicted molar refractivity (Wildman–Crippen MR) is 99.0 cm³/mol. The number of rotatable bonds is 7. The molecular formula is C18H16BrFN2O5. The largest absolute Gasteiger partial charge is 0.481 e. The van der Waals surface area contributed by atoms with Crippen LogP contribution in [0, 0.1) is 0 Å². The minimum absolute atomic E-state index is 0.0102. The molecule has 0 aromatic heterocycles. The number of hydrogen-bond acceptors (Lipinski definition) is 4. The molecule has 2 aromatic rings. The molecule has 0 aliphatic heterocycles. The lowest BCUT2D eigenvalue weighted by molar-refractivity contribution is -0.139. The summed E-state index contributed by atoms with van der Waals surface area (Å²) in [6.45, 7) is 0.277. The minimum atomic E-state index is -1.24. The molecular weight excluding hydrogens is 423 g/mol. The van der Waals surface area contributed by atoms with Gasteiger partial charge < -0.3 is 15.2 Å². The van der Waals surface area contributed by atoms with Crippen molar-refractivity contribution >= 4 is 39.4 Å². The monoisotopic (exact) mass is 438 g/mol. The van der Waals surface area contributed by atoms with Crippen molar-refractivity contribution in [1.29, 1.82) is 0 Å². The summed E-state index contributed by atoms with van der Waals surface area (Å²) in [5.74, 6) is -2.74. The van der Waals surface area contributed by atoms with Crippen LogP contribution in [0.15, 0.2) is 46.9 Å². The number of nitrogens with one attached hydrogen (secondary N) is 1. The minimum Gasteiger partial charge on any atom is -0.481 e. The van der Waals surface area contributed by atoms with Crippen molar-refractivity contribution in [2.24, 2.45) is 0 Å². The molecule has 0 bridgehead atoms. The lowest BCUT2D eigenvalue weighted by Gasteiger charge is -2.16. The Kier molecular flexibility index (Phi) is 6.89. The van der Waals surface area contributed by atoms with Gasteiger partial charge in [-0.2, -0.15) is 5.12 Å². The molecule has 0 atom stereocenters. The fourth-order valence-electron chi connectivity index (χ4n) is 2.20. The van der Waals surface area contributed by atoms with Gasteiger partial charge in [0, 0.05) is 17.1 Å². The molecule has 142 valence electrons. The number of aliphatic carboxylic acids is 1. The Bertz CT molecular complexity index is 857. The summed E-state index contributed by atoms with van der Waals surface area (Å²) in [5, 5.41) is 11.2. The highest BCUT2D eigenvalue weighted by Gasteiger charge is 2.21. The van der Waals surface area contributed by atoms with E-state index in [2.05, 4.69) is 21.2 Å². The van der Waals surface area contributed by atoms with Gasteiger partial charge in [0.15, 0.2) is 6.61 Å². The summed E-state index contributed by atoms with van der Waals surface area (Å²) in [7, 11) is 0. The van der Waals surface area contributed by atoms with Gasteiger partial charge in [-0.15, -0.1) is 0 Å². The van der Waals surface area contributed by atoms with E-state index in [4.69, 9.17) is 9.84 Å². The predicted octanol–water partition coefficient (Wildman–Crippen LogP) is 3.40. The van der Waals surface area contributed by atoms with Gasteiger partial charge in [0.1, 0.15) is 5.75 Å². The number of halogens is 2. The molecule has 0 spiro atoms. The molecule has 7 nitrogen and oxygen atoms in total. The van der Waals surface area contributed by atoms with Crippen LogP contribution in [0.4, 0.5) is 10.2 Å². The van der Waals surface area contributed by atoms with E-state index in [0.717, 1.165) is 4.47 Å². The van der Waals surface area contributed by atoms with Gasteiger partial charge in [-0.05, 0) is 35.9 Å². The zero-order chi connectivity index (χ0) is 20.0. The van der Waals surface area contributed by atoms with E-state index in [1.807, 2.05) is 0 Å². The van der Waals surface area contributed by atoms with Crippen LogP contribution in [0.5, 0.6) is 5.75 Å². The maximum Gasteiger partial charge on any atom is 0.341 e. The summed E-state index contributed by atoms with van der Waals surface area (Å²) in [5.41, 5.74) is 0.604. The van der Waals surface area contributed by atoms with Crippen LogP contribution < -0.4 is 10.1 Å². The van der Waals surface area contributed by atoms with E-state index in [-0.39, 0.29) is 34.6 Å². The molecule has 2 amide bonds. The third-order valence-electron chi connectivity index (χ3n) is 3.34. The second-order valence-corrected chi connectivity index (χ2v) is 6.44. The number of nitrogens with zero attached hydrogens (tertiary/aromatic N) is 1. The van der Waals surface area contributed by atoms with Gasteiger partial charge in [0.05, 0.1) is 12.1 Å². The first kappa shape index (κ1) is 20.4. The molecule has 0 aliphatic rings. The average Bonchev–Trinajstić information content (AvgIpc) is 2.61. The first-order chi connectivity index (χ1) is 12.8. The molecule has 0 saturated carbocycles. The van der Waals surface area contributed by atoms with Crippen LogP contribution in [0.3, 0.4) is 0 Å². The second kappa shape index (κ2) is 9.13. The third kappa shape index (κ3) is 6.07. The van der Waals surface area contributed by atoms with Crippen LogP contribution in [-0.4, -0.2) is 34.6 Å². The van der Waals surface area contributed by atoms with E-state index in [9.17, 15) is 18.9 Å². The van der Waals surface area contributed by atoms with E-state index in [0.29, 0.717) is 5.56 Å². The smallest absolute Gasteiger partial charge is 0.341 e. The Morgan fingerprint density at radius 1 is 1.19 bits per heavy atom. The number of amides is 2. The highest BCUT2D eigenvalue weighted by molar-refractivity contribution is 9.10. The van der Waals surface area contributed by atoms with Crippen molar-refractivity contribution in [1.82, 2.24) is 5.12 Å². The summed E-state index contributed by atoms with van der Waals surface area (Å²) in [6.07, 6.45) is 0. The quantitative estimate of drug-likeness (QED) is 0.645. The van der Waals surface area contributed by atoms with Gasteiger partial charge in [-0.3, -0.25) is 9.59 Å². The Labute approximate surface area is 162 Å². The van der Waals surface area contributed by atoms with Crippen LogP contribution >= 0.6 is 15.9 Å². The number of carboxylic acid groups (broad SMARTS) is 1. The van der Waals surface area contributed by atoms with Crippen LogP contribution in [0.25, 0.3) is 0 Å². The normalized spacial score (nSPS) is 10.2. The molecule has 2 N–H and O–H groups in total. The molecule has 0 unspecified atom stereocenters. The highest BCUT2D eigenvalue weighted by Crippen LogP contribution is 2.26. The summed E-state index contributed by atoms with van der Waals surface area (Å²) >= 11 is 3.27. The Morgan fingerprint density at radius 2 is 1.85 bits per heavy atom. The Morgan fingerprint density at radius 3 is 2.44 bits per heavy atom. The van der Waals surface area contributed by atoms with Gasteiger partial charge >= 0.3 is 5.97 Å². The molecule has 27 heavy (non-hydrogen) atoms. The van der Waals surface area contributed by atoms with Crippen molar-refractivity contribution in [3.8, 4) is 5.75 Å². The molecule has 0 heterocycles. The van der Waals surface area contributed by atoms with Gasteiger partial charge in [0.2, 0.25) is 5.91 Å². The van der Waals surface area contributed by atoms with Crippen molar-refractivity contribution in [2.45, 2.75) is 13.5 Å². The Hall–Kier alpha value is -2.94. The number of carbonyl (C=O) groups is 3. The number of benzene rings is 2. The summed E-state index contributed by atoms with van der Waals surface area (Å²) in [6, 6.07) is 10.7. The van der Waals surface area contributed by atoms with E-state index >= 15 is 0 Å². The van der Waals surface area contributed by atoms with E-state index in [1.165, 1.54) is 25.1 Å². The van der Waals surface area contributed by atoms with Crippen molar-refractivity contribution < 1.29 is 28.7 Å². The number of carbonyl (C=O) groups excluding carboxylic acids is 2. The lowest BCUT2D eigenvalue weighted by atomic mass is 10.1. The average molecular weight is 439 g/mol. The van der Waals surface area contributed by atoms with E-state index < -0.39 is 18.5 Å². The van der Waals surface area contributed by atoms with Gasteiger partial charge in [-0.1, -0.05) is 32.5 Å². The van der Waals surface area contributed by atoms with Crippen LogP contribution in [-0.2, 0) is 16.1 Å².